The van der Waals surface area contributed by atoms with Gasteiger partial charge in [0.1, 0.15) is 0 Å². The van der Waals surface area contributed by atoms with E-state index < -0.39 is 6.10 Å². The first-order valence-electron chi connectivity index (χ1n) is 4.51. The van der Waals surface area contributed by atoms with E-state index >= 15 is 0 Å². The Morgan fingerprint density at radius 3 is 2.77 bits per heavy atom. The molecule has 2 unspecified atom stereocenters. The highest BCUT2D eigenvalue weighted by Crippen LogP contribution is 2.13. The Kier molecular flexibility index (Phi) is 3.51. The third-order valence-corrected chi connectivity index (χ3v) is 2.15. The number of hydrogen-bond donors (Lipinski definition) is 1. The van der Waals surface area contributed by atoms with Gasteiger partial charge in [-0.25, -0.2) is 0 Å². The maximum atomic E-state index is 9.42. The zero-order chi connectivity index (χ0) is 9.84. The molecule has 0 aliphatic carbocycles. The molecule has 0 aliphatic heterocycles. The maximum absolute atomic E-state index is 9.42. The van der Waals surface area contributed by atoms with Gasteiger partial charge >= 0.3 is 0 Å². The second-order valence-corrected chi connectivity index (χ2v) is 3.31. The first kappa shape index (κ1) is 10.3. The summed E-state index contributed by atoms with van der Waals surface area (Å²) in [5.41, 5.74) is 0.934. The zero-order valence-corrected chi connectivity index (χ0v) is 8.40. The van der Waals surface area contributed by atoms with Gasteiger partial charge in [0, 0.05) is 25.5 Å². The van der Waals surface area contributed by atoms with Crippen molar-refractivity contribution in [3.05, 3.63) is 24.0 Å². The largest absolute Gasteiger partial charge is 0.387 e. The van der Waals surface area contributed by atoms with Gasteiger partial charge in [0.25, 0.3) is 0 Å². The lowest BCUT2D eigenvalue weighted by molar-refractivity contribution is 0.0991. The molecular formula is C10H17NO2. The van der Waals surface area contributed by atoms with Crippen LogP contribution in [0.4, 0.5) is 0 Å². The van der Waals surface area contributed by atoms with Crippen molar-refractivity contribution in [3.63, 3.8) is 0 Å². The number of aromatic nitrogens is 1. The number of aliphatic hydroxyl groups is 1. The highest BCUT2D eigenvalue weighted by molar-refractivity contribution is 5.09. The Morgan fingerprint density at radius 2 is 2.23 bits per heavy atom. The summed E-state index contributed by atoms with van der Waals surface area (Å²) < 4.78 is 7.17. The first-order valence-corrected chi connectivity index (χ1v) is 4.51. The summed E-state index contributed by atoms with van der Waals surface area (Å²) in [6.07, 6.45) is 1.71. The molecule has 0 amide bonds. The molecule has 0 saturated carbocycles. The molecule has 1 N–H and O–H groups in total. The Labute approximate surface area is 78.9 Å². The van der Waals surface area contributed by atoms with Crippen LogP contribution in [0.5, 0.6) is 0 Å². The molecule has 0 bridgehead atoms. The van der Waals surface area contributed by atoms with E-state index in [1.165, 1.54) is 0 Å². The van der Waals surface area contributed by atoms with Crippen molar-refractivity contribution in [2.45, 2.75) is 32.6 Å². The third-order valence-electron chi connectivity index (χ3n) is 2.15. The number of rotatable bonds is 4. The van der Waals surface area contributed by atoms with Gasteiger partial charge in [-0.2, -0.15) is 0 Å². The predicted octanol–water partition coefficient (Wildman–Crippen LogP) is 1.58. The highest BCUT2D eigenvalue weighted by Gasteiger charge is 2.08. The average Bonchev–Trinajstić information content (AvgIpc) is 2.52. The van der Waals surface area contributed by atoms with Gasteiger partial charge in [0.15, 0.2) is 0 Å². The Morgan fingerprint density at radius 1 is 1.54 bits per heavy atom. The van der Waals surface area contributed by atoms with Gasteiger partial charge in [-0.3, -0.25) is 0 Å². The molecule has 1 aromatic rings. The normalized spacial score (nSPS) is 15.7. The molecule has 0 radical (unpaired) electrons. The predicted molar refractivity (Wildman–Crippen MR) is 51.5 cm³/mol. The van der Waals surface area contributed by atoms with Crippen LogP contribution < -0.4 is 0 Å². The van der Waals surface area contributed by atoms with Crippen molar-refractivity contribution in [3.8, 4) is 0 Å². The lowest BCUT2D eigenvalue weighted by Gasteiger charge is -2.15. The molecule has 74 valence electrons. The van der Waals surface area contributed by atoms with Gasteiger partial charge in [-0.1, -0.05) is 0 Å². The molecular weight excluding hydrogens is 166 g/mol. The molecule has 3 heteroatoms. The topological polar surface area (TPSA) is 34.4 Å². The Hall–Kier alpha value is -0.800. The summed E-state index contributed by atoms with van der Waals surface area (Å²) in [5.74, 6) is 0. The van der Waals surface area contributed by atoms with Crippen LogP contribution in [0, 0.1) is 0 Å². The molecule has 2 atom stereocenters. The first-order chi connectivity index (χ1) is 6.15. The fourth-order valence-corrected chi connectivity index (χ4v) is 1.32. The van der Waals surface area contributed by atoms with Crippen LogP contribution in [0.15, 0.2) is 18.3 Å². The van der Waals surface area contributed by atoms with E-state index in [-0.39, 0.29) is 6.10 Å². The standard InChI is InChI=1S/C10H17NO2/c1-8(13-3)7-11-6-4-5-10(11)9(2)12/h4-6,8-9,12H,7H2,1-3H3. The lowest BCUT2D eigenvalue weighted by atomic mass is 10.3. The van der Waals surface area contributed by atoms with Gasteiger partial charge in [0.2, 0.25) is 0 Å². The number of methoxy groups -OCH3 is 1. The molecule has 1 heterocycles. The SMILES string of the molecule is COC(C)Cn1cccc1C(C)O. The van der Waals surface area contributed by atoms with E-state index in [4.69, 9.17) is 4.74 Å². The quantitative estimate of drug-likeness (QED) is 0.769. The molecule has 3 nitrogen and oxygen atoms in total. The van der Waals surface area contributed by atoms with Crippen LogP contribution in [0.25, 0.3) is 0 Å². The van der Waals surface area contributed by atoms with Crippen LogP contribution in [0.3, 0.4) is 0 Å². The van der Waals surface area contributed by atoms with E-state index in [2.05, 4.69) is 0 Å². The fraction of sp³-hybridized carbons (Fsp3) is 0.600. The number of hydrogen-bond acceptors (Lipinski definition) is 2. The lowest BCUT2D eigenvalue weighted by Crippen LogP contribution is -2.16. The van der Waals surface area contributed by atoms with Gasteiger partial charge < -0.3 is 14.4 Å². The zero-order valence-electron chi connectivity index (χ0n) is 8.40. The van der Waals surface area contributed by atoms with Crippen molar-refractivity contribution in [1.82, 2.24) is 4.57 Å². The van der Waals surface area contributed by atoms with Gasteiger partial charge in [-0.15, -0.1) is 0 Å². The minimum absolute atomic E-state index is 0.171. The smallest absolute Gasteiger partial charge is 0.0911 e. The summed E-state index contributed by atoms with van der Waals surface area (Å²) in [4.78, 5) is 0. The van der Waals surface area contributed by atoms with E-state index in [1.54, 1.807) is 14.0 Å². The summed E-state index contributed by atoms with van der Waals surface area (Å²) in [5, 5.41) is 9.42. The number of nitrogens with zero attached hydrogens (tertiary/aromatic N) is 1. The molecule has 1 rings (SSSR count). The summed E-state index contributed by atoms with van der Waals surface area (Å²) in [6, 6.07) is 3.86. The summed E-state index contributed by atoms with van der Waals surface area (Å²) in [7, 11) is 1.69. The minimum atomic E-state index is -0.418. The summed E-state index contributed by atoms with van der Waals surface area (Å²) in [6.45, 7) is 4.55. The van der Waals surface area contributed by atoms with Gasteiger partial charge in [-0.05, 0) is 26.0 Å². The molecule has 0 aromatic carbocycles. The van der Waals surface area contributed by atoms with E-state index in [1.807, 2.05) is 29.8 Å². The molecule has 1 aromatic heterocycles. The van der Waals surface area contributed by atoms with E-state index in [0.717, 1.165) is 12.2 Å². The minimum Gasteiger partial charge on any atom is -0.387 e. The van der Waals surface area contributed by atoms with Crippen molar-refractivity contribution in [1.29, 1.82) is 0 Å². The maximum Gasteiger partial charge on any atom is 0.0911 e. The fourth-order valence-electron chi connectivity index (χ4n) is 1.32. The van der Waals surface area contributed by atoms with Crippen LogP contribution in [0.1, 0.15) is 25.6 Å². The van der Waals surface area contributed by atoms with Crippen LogP contribution in [-0.2, 0) is 11.3 Å². The molecule has 0 saturated heterocycles. The van der Waals surface area contributed by atoms with E-state index in [0.29, 0.717) is 0 Å². The van der Waals surface area contributed by atoms with Crippen LogP contribution >= 0.6 is 0 Å². The van der Waals surface area contributed by atoms with E-state index in [9.17, 15) is 5.11 Å². The van der Waals surface area contributed by atoms with Gasteiger partial charge in [0.05, 0.1) is 12.2 Å². The molecule has 0 aliphatic rings. The third kappa shape index (κ3) is 2.57. The van der Waals surface area contributed by atoms with Crippen molar-refractivity contribution < 1.29 is 9.84 Å². The Bertz CT molecular complexity index is 255. The second-order valence-electron chi connectivity index (χ2n) is 3.31. The number of ether oxygens (including phenoxy) is 1. The van der Waals surface area contributed by atoms with Crippen LogP contribution in [0.2, 0.25) is 0 Å². The second kappa shape index (κ2) is 4.44. The van der Waals surface area contributed by atoms with Crippen molar-refractivity contribution in [2.24, 2.45) is 0 Å². The van der Waals surface area contributed by atoms with Crippen LogP contribution in [-0.4, -0.2) is 22.9 Å². The average molecular weight is 183 g/mol. The number of aliphatic hydroxyl groups excluding tert-OH is 1. The molecule has 13 heavy (non-hydrogen) atoms. The Balaban J connectivity index is 2.70. The molecule has 0 fully saturated rings. The van der Waals surface area contributed by atoms with Crippen molar-refractivity contribution >= 4 is 0 Å². The molecule has 0 spiro atoms. The monoisotopic (exact) mass is 183 g/mol. The van der Waals surface area contributed by atoms with Crippen molar-refractivity contribution in [2.75, 3.05) is 7.11 Å². The summed E-state index contributed by atoms with van der Waals surface area (Å²) >= 11 is 0. The highest BCUT2D eigenvalue weighted by atomic mass is 16.5.